The number of carboxylic acids is 1. The monoisotopic (exact) mass is 593 g/mol. The van der Waals surface area contributed by atoms with E-state index in [9.17, 15) is 26.4 Å². The third-order valence-corrected chi connectivity index (χ3v) is 7.52. The first-order valence-corrected chi connectivity index (χ1v) is 13.9. The Kier molecular flexibility index (Phi) is 10.3. The Morgan fingerprint density at radius 1 is 1.07 bits per heavy atom. The lowest BCUT2D eigenvalue weighted by Gasteiger charge is -2.31. The number of nitrogens with zero attached hydrogens (tertiary/aromatic N) is 2. The second-order valence-corrected chi connectivity index (χ2v) is 10.8. The highest BCUT2D eigenvalue weighted by Gasteiger charge is 2.38. The number of benzene rings is 2. The smallest absolute Gasteiger partial charge is 0.475 e. The fourth-order valence-electron chi connectivity index (χ4n) is 4.03. The summed E-state index contributed by atoms with van der Waals surface area (Å²) >= 11 is 0. The van der Waals surface area contributed by atoms with Crippen LogP contribution in [0.15, 0.2) is 65.8 Å². The summed E-state index contributed by atoms with van der Waals surface area (Å²) in [6.45, 7) is 7.12. The number of nitrogens with one attached hydrogen (secondary N) is 3. The Bertz CT molecular complexity index is 1480. The molecular weight excluding hydrogens is 563 g/mol. The molecule has 0 aliphatic carbocycles. The van der Waals surface area contributed by atoms with Crippen molar-refractivity contribution in [2.24, 2.45) is 0 Å². The number of pyridine rings is 1. The van der Waals surface area contributed by atoms with E-state index in [1.54, 1.807) is 43.6 Å². The van der Waals surface area contributed by atoms with Gasteiger partial charge in [0.1, 0.15) is 0 Å². The van der Waals surface area contributed by atoms with E-state index in [4.69, 9.17) is 9.90 Å². The van der Waals surface area contributed by atoms with E-state index in [0.29, 0.717) is 23.4 Å². The summed E-state index contributed by atoms with van der Waals surface area (Å²) < 4.78 is 61.1. The van der Waals surface area contributed by atoms with E-state index < -0.39 is 22.2 Å². The fraction of sp³-hybridized carbons (Fsp3) is 0.296. The molecule has 4 N–H and O–H groups in total. The van der Waals surface area contributed by atoms with Crippen molar-refractivity contribution in [1.82, 2.24) is 15.6 Å². The fourth-order valence-corrected chi connectivity index (χ4v) is 5.32. The second kappa shape index (κ2) is 13.5. The van der Waals surface area contributed by atoms with Crippen molar-refractivity contribution in [3.8, 4) is 0 Å². The van der Waals surface area contributed by atoms with Crippen molar-refractivity contribution < 1.29 is 36.3 Å². The first-order valence-electron chi connectivity index (χ1n) is 12.4. The van der Waals surface area contributed by atoms with Crippen molar-refractivity contribution in [2.45, 2.75) is 31.5 Å². The van der Waals surface area contributed by atoms with Gasteiger partial charge in [-0.15, -0.1) is 0 Å². The van der Waals surface area contributed by atoms with Crippen LogP contribution in [0, 0.1) is 13.8 Å². The normalized spacial score (nSPS) is 13.5. The number of aliphatic carboxylic acids is 1. The van der Waals surface area contributed by atoms with Gasteiger partial charge in [0.05, 0.1) is 16.3 Å². The Balaban J connectivity index is 0.000000587. The third kappa shape index (κ3) is 8.91. The molecule has 0 atom stereocenters. The van der Waals surface area contributed by atoms with Crippen molar-refractivity contribution in [3.63, 3.8) is 0 Å². The van der Waals surface area contributed by atoms with Gasteiger partial charge in [0.2, 0.25) is 0 Å². The van der Waals surface area contributed by atoms with E-state index in [1.807, 2.05) is 31.2 Å². The number of carboxylic acid groups (broad SMARTS) is 1. The maximum absolute atomic E-state index is 13.3. The molecule has 0 unspecified atom stereocenters. The van der Waals surface area contributed by atoms with Crippen LogP contribution in [0.1, 0.15) is 27.0 Å². The number of carbonyl (C=O) groups excluding carboxylic acids is 1. The second-order valence-electron chi connectivity index (χ2n) is 9.19. The zero-order valence-electron chi connectivity index (χ0n) is 22.3. The predicted molar refractivity (Wildman–Crippen MR) is 147 cm³/mol. The van der Waals surface area contributed by atoms with Gasteiger partial charge in [-0.05, 0) is 55.3 Å². The van der Waals surface area contributed by atoms with E-state index in [2.05, 4.69) is 25.2 Å². The summed E-state index contributed by atoms with van der Waals surface area (Å²) in [4.78, 5) is 28.1. The molecule has 10 nitrogen and oxygen atoms in total. The Hall–Kier alpha value is -4.17. The lowest BCUT2D eigenvalue weighted by molar-refractivity contribution is -0.192. The summed E-state index contributed by atoms with van der Waals surface area (Å²) in [6, 6.07) is 14.1. The topological polar surface area (TPSA) is 141 Å². The zero-order valence-corrected chi connectivity index (χ0v) is 23.1. The number of aryl methyl sites for hydroxylation is 2. The number of anilines is 2. The molecule has 220 valence electrons. The molecule has 1 saturated heterocycles. The molecule has 2 heterocycles. The summed E-state index contributed by atoms with van der Waals surface area (Å²) in [5.74, 6) is -3.05. The summed E-state index contributed by atoms with van der Waals surface area (Å²) in [5.41, 5.74) is 4.05. The van der Waals surface area contributed by atoms with Crippen LogP contribution in [0.5, 0.6) is 0 Å². The molecule has 41 heavy (non-hydrogen) atoms. The number of alkyl halides is 3. The molecule has 0 bridgehead atoms. The first kappa shape index (κ1) is 31.4. The SMILES string of the molecule is Cc1ccc(S(=O)(=O)Nc2cc(C(=O)NCc3cccnc3)ccc2N2CCNCC2)c(C)c1.O=C(O)C(F)(F)F. The number of rotatable bonds is 7. The van der Waals surface area contributed by atoms with Gasteiger partial charge in [0.25, 0.3) is 15.9 Å². The van der Waals surface area contributed by atoms with E-state index in [0.717, 1.165) is 43.0 Å². The standard InChI is InChI=1S/C25H29N5O3S.C2HF3O2/c1-18-5-8-24(19(2)14-18)34(32,33)29-22-15-21(6-7-23(22)30-12-10-26-11-13-30)25(31)28-17-20-4-3-9-27-16-20;3-2(4,5)1(6)7/h3-9,14-16,26,29H,10-13,17H2,1-2H3,(H,28,31);(H,6,7). The first-order chi connectivity index (χ1) is 19.3. The Labute approximate surface area is 235 Å². The van der Waals surface area contributed by atoms with E-state index in [1.165, 1.54) is 0 Å². The highest BCUT2D eigenvalue weighted by molar-refractivity contribution is 7.92. The van der Waals surface area contributed by atoms with Gasteiger partial charge in [-0.2, -0.15) is 13.2 Å². The van der Waals surface area contributed by atoms with Gasteiger partial charge < -0.3 is 20.6 Å². The largest absolute Gasteiger partial charge is 0.490 e. The summed E-state index contributed by atoms with van der Waals surface area (Å²) in [6.07, 6.45) is -1.72. The van der Waals surface area contributed by atoms with E-state index >= 15 is 0 Å². The molecule has 14 heteroatoms. The van der Waals surface area contributed by atoms with Gasteiger partial charge in [0.15, 0.2) is 0 Å². The molecule has 4 rings (SSSR count). The highest BCUT2D eigenvalue weighted by Crippen LogP contribution is 2.31. The number of halogens is 3. The van der Waals surface area contributed by atoms with Gasteiger partial charge in [-0.1, -0.05) is 23.8 Å². The van der Waals surface area contributed by atoms with Gasteiger partial charge in [0, 0.05) is 50.7 Å². The van der Waals surface area contributed by atoms with Crippen molar-refractivity contribution in [2.75, 3.05) is 35.8 Å². The lowest BCUT2D eigenvalue weighted by atomic mass is 10.1. The number of sulfonamides is 1. The molecule has 1 aliphatic rings. The van der Waals surface area contributed by atoms with Crippen molar-refractivity contribution in [1.29, 1.82) is 0 Å². The third-order valence-electron chi connectivity index (χ3n) is 6.00. The van der Waals surface area contributed by atoms with Crippen LogP contribution in [0.2, 0.25) is 0 Å². The van der Waals surface area contributed by atoms with Crippen LogP contribution in [0.25, 0.3) is 0 Å². The molecule has 0 saturated carbocycles. The van der Waals surface area contributed by atoms with Crippen LogP contribution >= 0.6 is 0 Å². The number of amides is 1. The minimum absolute atomic E-state index is 0.218. The highest BCUT2D eigenvalue weighted by atomic mass is 32.2. The van der Waals surface area contributed by atoms with Crippen molar-refractivity contribution in [3.05, 3.63) is 83.2 Å². The number of hydrogen-bond acceptors (Lipinski definition) is 7. The molecule has 0 spiro atoms. The van der Waals surface area contributed by atoms with Gasteiger partial charge in [-0.25, -0.2) is 13.2 Å². The van der Waals surface area contributed by atoms with Crippen LogP contribution in [-0.2, 0) is 21.4 Å². The molecule has 2 aromatic carbocycles. The average Bonchev–Trinajstić information content (AvgIpc) is 2.92. The van der Waals surface area contributed by atoms with Gasteiger partial charge in [-0.3, -0.25) is 14.5 Å². The van der Waals surface area contributed by atoms with Crippen LogP contribution in [-0.4, -0.2) is 62.7 Å². The number of aromatic nitrogens is 1. The Morgan fingerprint density at radius 3 is 2.34 bits per heavy atom. The maximum atomic E-state index is 13.3. The zero-order chi connectivity index (χ0) is 30.2. The number of hydrogen-bond donors (Lipinski definition) is 4. The molecule has 1 aromatic heterocycles. The van der Waals surface area contributed by atoms with Crippen LogP contribution in [0.3, 0.4) is 0 Å². The average molecular weight is 594 g/mol. The summed E-state index contributed by atoms with van der Waals surface area (Å²) in [5, 5.41) is 13.3. The van der Waals surface area contributed by atoms with Gasteiger partial charge >= 0.3 is 12.1 Å². The molecule has 1 amide bonds. The predicted octanol–water partition coefficient (Wildman–Crippen LogP) is 3.47. The number of piperazine rings is 1. The molecule has 0 radical (unpaired) electrons. The van der Waals surface area contributed by atoms with Crippen molar-refractivity contribution >= 4 is 33.3 Å². The minimum Gasteiger partial charge on any atom is -0.475 e. The molecule has 1 fully saturated rings. The molecular formula is C27H30F3N5O5S. The van der Waals surface area contributed by atoms with Crippen LogP contribution < -0.4 is 20.3 Å². The lowest BCUT2D eigenvalue weighted by Crippen LogP contribution is -2.43. The number of carbonyl (C=O) groups is 2. The van der Waals surface area contributed by atoms with Crippen LogP contribution in [0.4, 0.5) is 24.5 Å². The molecule has 3 aromatic rings. The maximum Gasteiger partial charge on any atom is 0.490 e. The van der Waals surface area contributed by atoms with E-state index in [-0.39, 0.29) is 10.8 Å². The molecule has 1 aliphatic heterocycles. The minimum atomic E-state index is -5.08. The summed E-state index contributed by atoms with van der Waals surface area (Å²) in [7, 11) is -3.85. The Morgan fingerprint density at radius 2 is 1.76 bits per heavy atom. The quantitative estimate of drug-likeness (QED) is 0.327.